The van der Waals surface area contributed by atoms with Crippen LogP contribution in [0.25, 0.3) is 0 Å². The molecule has 0 radical (unpaired) electrons. The number of nitrogens with one attached hydrogen (secondary N) is 2. The molecule has 2 N–H and O–H groups in total. The van der Waals surface area contributed by atoms with Gasteiger partial charge in [0, 0.05) is 12.1 Å². The summed E-state index contributed by atoms with van der Waals surface area (Å²) in [5.74, 6) is 1.15. The van der Waals surface area contributed by atoms with Crippen LogP contribution in [0.4, 0.5) is 5.69 Å². The molecule has 5 nitrogen and oxygen atoms in total. The van der Waals surface area contributed by atoms with E-state index in [9.17, 15) is 4.79 Å². The Bertz CT molecular complexity index is 835. The van der Waals surface area contributed by atoms with Crippen molar-refractivity contribution in [1.82, 2.24) is 15.2 Å². The lowest BCUT2D eigenvalue weighted by Crippen LogP contribution is -2.15. The summed E-state index contributed by atoms with van der Waals surface area (Å²) in [6.07, 6.45) is 1.81. The molecule has 0 aliphatic rings. The highest BCUT2D eigenvalue weighted by Gasteiger charge is 2.10. The summed E-state index contributed by atoms with van der Waals surface area (Å²) in [6.45, 7) is 4.16. The van der Waals surface area contributed by atoms with E-state index in [2.05, 4.69) is 58.6 Å². The van der Waals surface area contributed by atoms with Crippen molar-refractivity contribution in [2.75, 3.05) is 5.32 Å². The monoisotopic (exact) mass is 334 g/mol. The zero-order chi connectivity index (χ0) is 17.6. The number of aromatic amines is 1. The van der Waals surface area contributed by atoms with Gasteiger partial charge in [0.25, 0.3) is 0 Å². The molecule has 5 heteroatoms. The van der Waals surface area contributed by atoms with Crippen LogP contribution in [0.5, 0.6) is 0 Å². The molecule has 0 spiro atoms. The van der Waals surface area contributed by atoms with Gasteiger partial charge in [0.05, 0.1) is 6.42 Å². The van der Waals surface area contributed by atoms with Crippen molar-refractivity contribution in [3.05, 3.63) is 76.9 Å². The highest BCUT2D eigenvalue weighted by atomic mass is 16.1. The van der Waals surface area contributed by atoms with E-state index in [1.807, 2.05) is 24.3 Å². The molecule has 0 atom stereocenters. The van der Waals surface area contributed by atoms with Gasteiger partial charge in [-0.25, -0.2) is 4.98 Å². The lowest BCUT2D eigenvalue weighted by Gasteiger charge is -2.04. The van der Waals surface area contributed by atoms with Gasteiger partial charge < -0.3 is 5.32 Å². The van der Waals surface area contributed by atoms with Gasteiger partial charge in [-0.1, -0.05) is 48.9 Å². The number of hydrogen-bond donors (Lipinski definition) is 2. The normalized spacial score (nSPS) is 10.6. The summed E-state index contributed by atoms with van der Waals surface area (Å²) < 4.78 is 0. The van der Waals surface area contributed by atoms with Crippen LogP contribution in [0.15, 0.2) is 48.5 Å². The van der Waals surface area contributed by atoms with Gasteiger partial charge in [-0.2, -0.15) is 5.10 Å². The predicted molar refractivity (Wildman–Crippen MR) is 98.5 cm³/mol. The van der Waals surface area contributed by atoms with Crippen LogP contribution < -0.4 is 5.32 Å². The van der Waals surface area contributed by atoms with Crippen LogP contribution in [-0.2, 0) is 24.1 Å². The Morgan fingerprint density at radius 3 is 2.40 bits per heavy atom. The second-order valence-corrected chi connectivity index (χ2v) is 6.14. The predicted octanol–water partition coefficient (Wildman–Crippen LogP) is 3.45. The molecule has 0 aliphatic carbocycles. The van der Waals surface area contributed by atoms with Gasteiger partial charge in [0.2, 0.25) is 5.91 Å². The number of amides is 1. The fourth-order valence-corrected chi connectivity index (χ4v) is 2.56. The number of anilines is 1. The van der Waals surface area contributed by atoms with E-state index in [-0.39, 0.29) is 12.3 Å². The van der Waals surface area contributed by atoms with E-state index in [0.29, 0.717) is 12.2 Å². The van der Waals surface area contributed by atoms with E-state index >= 15 is 0 Å². The standard InChI is InChI=1S/C20H22N4O/c1-3-15-8-10-17(11-9-15)21-20(25)13-19-22-18(23-24-19)12-16-6-4-14(2)5-7-16/h4-11H,3,12-13H2,1-2H3,(H,21,25)(H,22,23,24). The number of rotatable bonds is 6. The van der Waals surface area contributed by atoms with Crippen LogP contribution in [0.2, 0.25) is 0 Å². The summed E-state index contributed by atoms with van der Waals surface area (Å²) in [5, 5.41) is 9.93. The molecule has 2 aromatic carbocycles. The lowest BCUT2D eigenvalue weighted by molar-refractivity contribution is -0.115. The molecule has 1 amide bonds. The molecule has 0 saturated carbocycles. The fraction of sp³-hybridized carbons (Fsp3) is 0.250. The van der Waals surface area contributed by atoms with Crippen LogP contribution in [0.1, 0.15) is 35.3 Å². The van der Waals surface area contributed by atoms with Crippen LogP contribution in [0.3, 0.4) is 0 Å². The molecular weight excluding hydrogens is 312 g/mol. The number of nitrogens with zero attached hydrogens (tertiary/aromatic N) is 2. The van der Waals surface area contributed by atoms with E-state index in [1.165, 1.54) is 11.1 Å². The Labute approximate surface area is 147 Å². The fourth-order valence-electron chi connectivity index (χ4n) is 2.56. The number of carbonyl (C=O) groups is 1. The van der Waals surface area contributed by atoms with Crippen molar-refractivity contribution in [2.24, 2.45) is 0 Å². The quantitative estimate of drug-likeness (QED) is 0.725. The molecule has 0 saturated heterocycles. The summed E-state index contributed by atoms with van der Waals surface area (Å²) in [6, 6.07) is 16.2. The van der Waals surface area contributed by atoms with Crippen LogP contribution in [0, 0.1) is 6.92 Å². The lowest BCUT2D eigenvalue weighted by atomic mass is 10.1. The SMILES string of the molecule is CCc1ccc(NC(=O)Cc2n[nH]c(Cc3ccc(C)cc3)n2)cc1. The maximum absolute atomic E-state index is 12.1. The average molecular weight is 334 g/mol. The highest BCUT2D eigenvalue weighted by molar-refractivity contribution is 5.91. The highest BCUT2D eigenvalue weighted by Crippen LogP contribution is 2.11. The smallest absolute Gasteiger partial charge is 0.232 e. The Balaban J connectivity index is 1.56. The number of hydrogen-bond acceptors (Lipinski definition) is 3. The summed E-state index contributed by atoms with van der Waals surface area (Å²) in [7, 11) is 0. The first-order valence-corrected chi connectivity index (χ1v) is 8.47. The average Bonchev–Trinajstić information content (AvgIpc) is 3.04. The first-order valence-electron chi connectivity index (χ1n) is 8.47. The number of aryl methyl sites for hydroxylation is 2. The van der Waals surface area contributed by atoms with Crippen molar-refractivity contribution in [2.45, 2.75) is 33.1 Å². The molecular formula is C20H22N4O. The molecule has 0 unspecified atom stereocenters. The largest absolute Gasteiger partial charge is 0.326 e. The second kappa shape index (κ2) is 7.75. The van der Waals surface area contributed by atoms with Crippen molar-refractivity contribution < 1.29 is 4.79 Å². The minimum absolute atomic E-state index is 0.120. The summed E-state index contributed by atoms with van der Waals surface area (Å²) >= 11 is 0. The van der Waals surface area contributed by atoms with Gasteiger partial charge in [-0.3, -0.25) is 9.89 Å². The van der Waals surface area contributed by atoms with Gasteiger partial charge >= 0.3 is 0 Å². The van der Waals surface area contributed by atoms with Crippen molar-refractivity contribution in [1.29, 1.82) is 0 Å². The van der Waals surface area contributed by atoms with Gasteiger partial charge in [-0.05, 0) is 36.6 Å². The second-order valence-electron chi connectivity index (χ2n) is 6.14. The first-order chi connectivity index (χ1) is 12.1. The third kappa shape index (κ3) is 4.76. The molecule has 1 heterocycles. The number of aromatic nitrogens is 3. The maximum Gasteiger partial charge on any atom is 0.232 e. The first kappa shape index (κ1) is 16.9. The third-order valence-corrected chi connectivity index (χ3v) is 4.03. The molecule has 3 rings (SSSR count). The van der Waals surface area contributed by atoms with E-state index in [0.717, 1.165) is 23.5 Å². The van der Waals surface area contributed by atoms with Crippen molar-refractivity contribution in [3.63, 3.8) is 0 Å². The zero-order valence-corrected chi connectivity index (χ0v) is 14.5. The summed E-state index contributed by atoms with van der Waals surface area (Å²) in [4.78, 5) is 16.5. The minimum atomic E-state index is -0.120. The third-order valence-electron chi connectivity index (χ3n) is 4.03. The molecule has 0 fully saturated rings. The molecule has 0 aliphatic heterocycles. The molecule has 128 valence electrons. The van der Waals surface area contributed by atoms with Crippen molar-refractivity contribution in [3.8, 4) is 0 Å². The zero-order valence-electron chi connectivity index (χ0n) is 14.5. The Hall–Kier alpha value is -2.95. The minimum Gasteiger partial charge on any atom is -0.326 e. The van der Waals surface area contributed by atoms with Crippen LogP contribution in [-0.4, -0.2) is 21.1 Å². The molecule has 0 bridgehead atoms. The maximum atomic E-state index is 12.1. The number of benzene rings is 2. The molecule has 3 aromatic rings. The van der Waals surface area contributed by atoms with Crippen molar-refractivity contribution >= 4 is 11.6 Å². The van der Waals surface area contributed by atoms with E-state index in [1.54, 1.807) is 0 Å². The van der Waals surface area contributed by atoms with E-state index < -0.39 is 0 Å². The number of carbonyl (C=O) groups excluding carboxylic acids is 1. The Morgan fingerprint density at radius 2 is 1.72 bits per heavy atom. The Kier molecular flexibility index (Phi) is 5.23. The Morgan fingerprint density at radius 1 is 1.04 bits per heavy atom. The van der Waals surface area contributed by atoms with Gasteiger partial charge in [0.1, 0.15) is 5.82 Å². The molecule has 1 aromatic heterocycles. The molecule has 25 heavy (non-hydrogen) atoms. The van der Waals surface area contributed by atoms with E-state index in [4.69, 9.17) is 0 Å². The number of H-pyrrole nitrogens is 1. The van der Waals surface area contributed by atoms with Gasteiger partial charge in [-0.15, -0.1) is 0 Å². The summed E-state index contributed by atoms with van der Waals surface area (Å²) in [5.41, 5.74) is 4.42. The topological polar surface area (TPSA) is 70.7 Å². The van der Waals surface area contributed by atoms with Gasteiger partial charge in [0.15, 0.2) is 5.82 Å². The van der Waals surface area contributed by atoms with Crippen LogP contribution >= 0.6 is 0 Å².